The van der Waals surface area contributed by atoms with Gasteiger partial charge in [-0.15, -0.1) is 0 Å². The topological polar surface area (TPSA) is 77.5 Å². The fourth-order valence-electron chi connectivity index (χ4n) is 3.49. The van der Waals surface area contributed by atoms with Crippen LogP contribution in [0.25, 0.3) is 33.9 Å². The lowest BCUT2D eigenvalue weighted by molar-refractivity contribution is 0.0997. The molecule has 2 aromatic heterocycles. The van der Waals surface area contributed by atoms with Gasteiger partial charge in [0.2, 0.25) is 5.89 Å². The Labute approximate surface area is 194 Å². The van der Waals surface area contributed by atoms with E-state index in [0.717, 1.165) is 16.7 Å². The molecule has 0 fully saturated rings. The molecule has 33 heavy (non-hydrogen) atoms. The highest BCUT2D eigenvalue weighted by Crippen LogP contribution is 2.30. The first-order valence-corrected chi connectivity index (χ1v) is 10.6. The van der Waals surface area contributed by atoms with Gasteiger partial charge in [0.15, 0.2) is 11.3 Å². The molecule has 0 spiro atoms. The highest BCUT2D eigenvalue weighted by Gasteiger charge is 2.16. The predicted molar refractivity (Wildman–Crippen MR) is 128 cm³/mol. The van der Waals surface area contributed by atoms with Crippen molar-refractivity contribution in [3.63, 3.8) is 0 Å². The molecular weight excluding hydrogens is 440 g/mol. The summed E-state index contributed by atoms with van der Waals surface area (Å²) in [5.74, 6) is 1.56. The number of ether oxygens (including phenoxy) is 1. The summed E-state index contributed by atoms with van der Waals surface area (Å²) < 4.78 is 16.9. The minimum Gasteiger partial charge on any atom is -0.497 e. The summed E-state index contributed by atoms with van der Waals surface area (Å²) in [5.41, 5.74) is 4.42. The fraction of sp³-hybridized carbons (Fsp3) is 0.0769. The van der Waals surface area contributed by atoms with E-state index < -0.39 is 0 Å². The zero-order valence-electron chi connectivity index (χ0n) is 17.9. The number of furan rings is 1. The Kier molecular flexibility index (Phi) is 5.36. The molecule has 5 rings (SSSR count). The third-order valence-corrected chi connectivity index (χ3v) is 5.50. The average Bonchev–Trinajstić information content (AvgIpc) is 3.47. The number of amides is 1. The van der Waals surface area contributed by atoms with Crippen LogP contribution in [0.15, 0.2) is 81.6 Å². The lowest BCUT2D eigenvalue weighted by atomic mass is 10.1. The molecule has 0 saturated carbocycles. The number of nitrogens with one attached hydrogen (secondary N) is 1. The standard InChI is InChI=1S/C26H19ClN2O4/c1-15-6-7-17(26-29-21-14-19(31-2)8-9-23(21)33-26)13-20(15)28-25(30)24-11-10-22(32-24)16-4-3-5-18(27)12-16/h3-14H,1-2H3,(H,28,30). The van der Waals surface area contributed by atoms with E-state index in [0.29, 0.717) is 39.2 Å². The number of rotatable bonds is 5. The minimum atomic E-state index is -0.356. The molecule has 0 unspecified atom stereocenters. The zero-order valence-corrected chi connectivity index (χ0v) is 18.6. The Bertz CT molecular complexity index is 1480. The summed E-state index contributed by atoms with van der Waals surface area (Å²) in [6.45, 7) is 1.91. The van der Waals surface area contributed by atoms with Crippen LogP contribution in [0.4, 0.5) is 5.69 Å². The van der Waals surface area contributed by atoms with Crippen LogP contribution in [-0.2, 0) is 0 Å². The van der Waals surface area contributed by atoms with Crippen molar-refractivity contribution in [2.45, 2.75) is 6.92 Å². The van der Waals surface area contributed by atoms with Crippen LogP contribution >= 0.6 is 11.6 Å². The highest BCUT2D eigenvalue weighted by atomic mass is 35.5. The van der Waals surface area contributed by atoms with Crippen LogP contribution in [0.1, 0.15) is 16.1 Å². The number of halogens is 1. The maximum Gasteiger partial charge on any atom is 0.291 e. The van der Waals surface area contributed by atoms with Crippen molar-refractivity contribution in [3.8, 4) is 28.5 Å². The number of anilines is 1. The van der Waals surface area contributed by atoms with Gasteiger partial charge in [-0.25, -0.2) is 4.98 Å². The van der Waals surface area contributed by atoms with Gasteiger partial charge in [-0.3, -0.25) is 4.79 Å². The molecule has 2 heterocycles. The number of hydrogen-bond donors (Lipinski definition) is 1. The van der Waals surface area contributed by atoms with Gasteiger partial charge >= 0.3 is 0 Å². The summed E-state index contributed by atoms with van der Waals surface area (Å²) in [6, 6.07) is 21.7. The first kappa shape index (κ1) is 20.8. The number of hydrogen-bond acceptors (Lipinski definition) is 5. The number of aromatic nitrogens is 1. The molecular formula is C26H19ClN2O4. The van der Waals surface area contributed by atoms with Crippen LogP contribution in [0, 0.1) is 6.92 Å². The monoisotopic (exact) mass is 458 g/mol. The number of nitrogens with zero attached hydrogens (tertiary/aromatic N) is 1. The quantitative estimate of drug-likeness (QED) is 0.307. The third kappa shape index (κ3) is 4.21. The number of benzene rings is 3. The Morgan fingerprint density at radius 3 is 2.67 bits per heavy atom. The van der Waals surface area contributed by atoms with Crippen molar-refractivity contribution in [1.29, 1.82) is 0 Å². The van der Waals surface area contributed by atoms with Crippen molar-refractivity contribution < 1.29 is 18.4 Å². The van der Waals surface area contributed by atoms with E-state index in [4.69, 9.17) is 25.2 Å². The average molecular weight is 459 g/mol. The van der Waals surface area contributed by atoms with E-state index in [1.165, 1.54) is 0 Å². The largest absolute Gasteiger partial charge is 0.497 e. The molecule has 164 valence electrons. The first-order chi connectivity index (χ1) is 16.0. The van der Waals surface area contributed by atoms with Gasteiger partial charge in [-0.2, -0.15) is 0 Å². The van der Waals surface area contributed by atoms with Crippen LogP contribution in [-0.4, -0.2) is 18.0 Å². The smallest absolute Gasteiger partial charge is 0.291 e. The third-order valence-electron chi connectivity index (χ3n) is 5.27. The van der Waals surface area contributed by atoms with Crippen molar-refractivity contribution in [3.05, 3.63) is 89.1 Å². The second-order valence-corrected chi connectivity index (χ2v) is 7.95. The number of oxazole rings is 1. The number of methoxy groups -OCH3 is 1. The number of carbonyl (C=O) groups excluding carboxylic acids is 1. The summed E-state index contributed by atoms with van der Waals surface area (Å²) in [7, 11) is 1.61. The number of fused-ring (bicyclic) bond motifs is 1. The normalized spacial score (nSPS) is 11.0. The molecule has 0 aliphatic heterocycles. The predicted octanol–water partition coefficient (Wildman–Crippen LogP) is 6.98. The van der Waals surface area contributed by atoms with Crippen LogP contribution in [0.3, 0.4) is 0 Å². The highest BCUT2D eigenvalue weighted by molar-refractivity contribution is 6.30. The molecule has 1 amide bonds. The fourth-order valence-corrected chi connectivity index (χ4v) is 3.68. The van der Waals surface area contributed by atoms with E-state index in [2.05, 4.69) is 10.3 Å². The Morgan fingerprint density at radius 1 is 0.970 bits per heavy atom. The van der Waals surface area contributed by atoms with Crippen molar-refractivity contribution in [2.24, 2.45) is 0 Å². The Balaban J connectivity index is 1.40. The summed E-state index contributed by atoms with van der Waals surface area (Å²) in [5, 5.41) is 3.51. The second-order valence-electron chi connectivity index (χ2n) is 7.51. The molecule has 3 aromatic carbocycles. The molecule has 0 bridgehead atoms. The molecule has 0 aliphatic rings. The molecule has 7 heteroatoms. The number of aryl methyl sites for hydroxylation is 1. The van der Waals surface area contributed by atoms with Gasteiger partial charge in [0, 0.05) is 27.9 Å². The first-order valence-electron chi connectivity index (χ1n) is 10.2. The van der Waals surface area contributed by atoms with E-state index >= 15 is 0 Å². The molecule has 6 nitrogen and oxygen atoms in total. The SMILES string of the molecule is COc1ccc2oc(-c3ccc(C)c(NC(=O)c4ccc(-c5cccc(Cl)c5)o4)c3)nc2c1. The van der Waals surface area contributed by atoms with Crippen molar-refractivity contribution in [2.75, 3.05) is 12.4 Å². The lowest BCUT2D eigenvalue weighted by Gasteiger charge is -2.08. The van der Waals surface area contributed by atoms with E-state index in [1.54, 1.807) is 31.4 Å². The maximum atomic E-state index is 12.9. The van der Waals surface area contributed by atoms with Crippen LogP contribution < -0.4 is 10.1 Å². The van der Waals surface area contributed by atoms with Gasteiger partial charge in [0.25, 0.3) is 5.91 Å². The van der Waals surface area contributed by atoms with Crippen LogP contribution in [0.5, 0.6) is 5.75 Å². The Hall–Kier alpha value is -4.03. The lowest BCUT2D eigenvalue weighted by Crippen LogP contribution is -2.11. The molecule has 5 aromatic rings. The summed E-state index contributed by atoms with van der Waals surface area (Å²) >= 11 is 6.06. The van der Waals surface area contributed by atoms with Gasteiger partial charge < -0.3 is 18.9 Å². The molecule has 0 aliphatic carbocycles. The van der Waals surface area contributed by atoms with Gasteiger partial charge in [0.05, 0.1) is 7.11 Å². The Morgan fingerprint density at radius 2 is 1.85 bits per heavy atom. The summed E-state index contributed by atoms with van der Waals surface area (Å²) in [6.07, 6.45) is 0. The minimum absolute atomic E-state index is 0.198. The van der Waals surface area contributed by atoms with E-state index in [9.17, 15) is 4.79 Å². The molecule has 0 saturated heterocycles. The van der Waals surface area contributed by atoms with Crippen molar-refractivity contribution >= 4 is 34.3 Å². The van der Waals surface area contributed by atoms with Gasteiger partial charge in [-0.05, 0) is 61.0 Å². The zero-order chi connectivity index (χ0) is 22.9. The summed E-state index contributed by atoms with van der Waals surface area (Å²) in [4.78, 5) is 17.4. The van der Waals surface area contributed by atoms with Crippen LogP contribution in [0.2, 0.25) is 5.02 Å². The van der Waals surface area contributed by atoms with E-state index in [1.807, 2.05) is 55.5 Å². The number of carbonyl (C=O) groups is 1. The molecule has 0 atom stereocenters. The van der Waals surface area contributed by atoms with Gasteiger partial charge in [0.1, 0.15) is 17.0 Å². The van der Waals surface area contributed by atoms with E-state index in [-0.39, 0.29) is 11.7 Å². The second kappa shape index (κ2) is 8.48. The molecule has 1 N–H and O–H groups in total. The van der Waals surface area contributed by atoms with Gasteiger partial charge in [-0.1, -0.05) is 29.8 Å². The van der Waals surface area contributed by atoms with Crippen molar-refractivity contribution in [1.82, 2.24) is 4.98 Å². The molecule has 0 radical (unpaired) electrons. The maximum absolute atomic E-state index is 12.9.